The number of carbonyl (C=O) groups excluding carboxylic acids is 2. The maximum Gasteiger partial charge on any atom is 0.491 e. The highest BCUT2D eigenvalue weighted by Gasteiger charge is 2.42. The highest BCUT2D eigenvalue weighted by Crippen LogP contribution is 2.30. The average Bonchev–Trinajstić information content (AvgIpc) is 2.49. The van der Waals surface area contributed by atoms with Crippen molar-refractivity contribution in [1.29, 1.82) is 0 Å². The van der Waals surface area contributed by atoms with E-state index in [1.807, 2.05) is 0 Å². The van der Waals surface area contributed by atoms with Crippen molar-refractivity contribution < 1.29 is 31.9 Å². The molecule has 2 rings (SSSR count). The van der Waals surface area contributed by atoms with Crippen LogP contribution in [0.4, 0.5) is 28.0 Å². The number of amides is 1. The van der Waals surface area contributed by atoms with E-state index in [9.17, 15) is 27.2 Å². The number of halogens is 4. The molecule has 0 fully saturated rings. The van der Waals surface area contributed by atoms with Crippen LogP contribution < -0.4 is 5.32 Å². The van der Waals surface area contributed by atoms with Gasteiger partial charge in [-0.1, -0.05) is 18.2 Å². The Balaban J connectivity index is 2.31. The first-order valence-corrected chi connectivity index (χ1v) is 7.05. The van der Waals surface area contributed by atoms with Crippen LogP contribution in [0.5, 0.6) is 0 Å². The van der Waals surface area contributed by atoms with Crippen molar-refractivity contribution >= 4 is 17.7 Å². The van der Waals surface area contributed by atoms with Gasteiger partial charge in [-0.3, -0.25) is 5.32 Å². The van der Waals surface area contributed by atoms with E-state index in [2.05, 4.69) is 10.1 Å². The lowest BCUT2D eigenvalue weighted by Crippen LogP contribution is -2.30. The Morgan fingerprint density at radius 2 is 1.72 bits per heavy atom. The minimum atomic E-state index is -5.28. The van der Waals surface area contributed by atoms with Crippen LogP contribution in [0.1, 0.15) is 11.1 Å². The lowest BCUT2D eigenvalue weighted by molar-refractivity contribution is -0.192. The fraction of sp³-hybridized carbons (Fsp3) is 0.176. The summed E-state index contributed by atoms with van der Waals surface area (Å²) in [6, 6.07) is 9.05. The summed E-state index contributed by atoms with van der Waals surface area (Å²) >= 11 is 0. The Kier molecular flexibility index (Phi) is 5.10. The summed E-state index contributed by atoms with van der Waals surface area (Å²) in [6.07, 6.45) is -6.84. The molecule has 132 valence electrons. The highest BCUT2D eigenvalue weighted by molar-refractivity contribution is 5.97. The second kappa shape index (κ2) is 6.92. The molecule has 2 aromatic rings. The molecule has 0 spiro atoms. The number of carbonyl (C=O) groups is 2. The van der Waals surface area contributed by atoms with E-state index < -0.39 is 24.1 Å². The molecule has 0 aliphatic rings. The Morgan fingerprint density at radius 1 is 1.04 bits per heavy atom. The van der Waals surface area contributed by atoms with Crippen LogP contribution in [0.15, 0.2) is 36.4 Å². The Hall–Kier alpha value is -2.90. The number of benzene rings is 2. The van der Waals surface area contributed by atoms with Gasteiger partial charge in [0.05, 0.1) is 5.69 Å². The second-order valence-corrected chi connectivity index (χ2v) is 5.31. The molecule has 0 saturated carbocycles. The van der Waals surface area contributed by atoms with Gasteiger partial charge in [0.25, 0.3) is 0 Å². The fourth-order valence-electron chi connectivity index (χ4n) is 2.10. The molecule has 0 bridgehead atoms. The van der Waals surface area contributed by atoms with Crippen LogP contribution in [-0.2, 0) is 9.53 Å². The topological polar surface area (TPSA) is 55.4 Å². The van der Waals surface area contributed by atoms with Crippen molar-refractivity contribution in [2.45, 2.75) is 20.0 Å². The van der Waals surface area contributed by atoms with Gasteiger partial charge in [0.1, 0.15) is 5.82 Å². The van der Waals surface area contributed by atoms with Gasteiger partial charge in [0.2, 0.25) is 0 Å². The third-order valence-corrected chi connectivity index (χ3v) is 3.30. The molecule has 4 nitrogen and oxygen atoms in total. The van der Waals surface area contributed by atoms with E-state index in [-0.39, 0.29) is 5.69 Å². The molecule has 0 unspecified atom stereocenters. The minimum absolute atomic E-state index is 0.131. The molecule has 0 radical (unpaired) electrons. The molecule has 1 N–H and O–H groups in total. The normalized spacial score (nSPS) is 11.1. The van der Waals surface area contributed by atoms with E-state index in [0.717, 1.165) is 0 Å². The molecule has 2 aromatic carbocycles. The van der Waals surface area contributed by atoms with Crippen molar-refractivity contribution in [2.24, 2.45) is 0 Å². The number of aryl methyl sites for hydroxylation is 2. The molecule has 0 aliphatic heterocycles. The van der Waals surface area contributed by atoms with Gasteiger partial charge in [-0.25, -0.2) is 14.0 Å². The molecular weight excluding hydrogens is 342 g/mol. The third-order valence-electron chi connectivity index (χ3n) is 3.30. The molecule has 0 aliphatic carbocycles. The first-order valence-electron chi connectivity index (χ1n) is 7.05. The number of rotatable bonds is 2. The molecule has 8 heteroatoms. The Bertz CT molecular complexity index is 831. The van der Waals surface area contributed by atoms with Crippen molar-refractivity contribution in [3.8, 4) is 11.1 Å². The molecule has 0 atom stereocenters. The summed E-state index contributed by atoms with van der Waals surface area (Å²) in [6.45, 7) is 3.26. The van der Waals surface area contributed by atoms with Crippen molar-refractivity contribution in [1.82, 2.24) is 0 Å². The maximum absolute atomic E-state index is 13.4. The van der Waals surface area contributed by atoms with Crippen molar-refractivity contribution in [3.05, 3.63) is 53.3 Å². The number of anilines is 1. The summed E-state index contributed by atoms with van der Waals surface area (Å²) in [4.78, 5) is 22.3. The maximum atomic E-state index is 13.4. The van der Waals surface area contributed by atoms with Gasteiger partial charge in [0.15, 0.2) is 0 Å². The van der Waals surface area contributed by atoms with Crippen LogP contribution in [0.25, 0.3) is 11.1 Å². The van der Waals surface area contributed by atoms with Crippen LogP contribution >= 0.6 is 0 Å². The van der Waals surface area contributed by atoms with E-state index >= 15 is 0 Å². The zero-order valence-electron chi connectivity index (χ0n) is 13.2. The van der Waals surface area contributed by atoms with Crippen LogP contribution in [0.2, 0.25) is 0 Å². The standard InChI is InChI=1S/C17H13F4NO3/c1-9-3-5-12(11-4-6-13(18)10(2)8-11)14(7-9)22-16(24)25-15(23)17(19,20)21/h3-8H,1-2H3,(H,22,24). The minimum Gasteiger partial charge on any atom is -0.369 e. The van der Waals surface area contributed by atoms with Gasteiger partial charge in [-0.15, -0.1) is 0 Å². The second-order valence-electron chi connectivity index (χ2n) is 5.31. The number of ether oxygens (including phenoxy) is 1. The summed E-state index contributed by atoms with van der Waals surface area (Å²) < 4.78 is 53.6. The number of alkyl halides is 3. The first-order chi connectivity index (χ1) is 11.6. The van der Waals surface area contributed by atoms with Gasteiger partial charge >= 0.3 is 18.2 Å². The zero-order valence-corrected chi connectivity index (χ0v) is 13.2. The highest BCUT2D eigenvalue weighted by atomic mass is 19.4. The van der Waals surface area contributed by atoms with Gasteiger partial charge in [-0.05, 0) is 48.7 Å². The van der Waals surface area contributed by atoms with Gasteiger partial charge in [-0.2, -0.15) is 13.2 Å². The molecule has 0 aromatic heterocycles. The first kappa shape index (κ1) is 18.4. The quantitative estimate of drug-likeness (QED) is 0.481. The zero-order chi connectivity index (χ0) is 18.8. The van der Waals surface area contributed by atoms with Crippen LogP contribution in [-0.4, -0.2) is 18.2 Å². The molecular formula is C17H13F4NO3. The number of hydrogen-bond acceptors (Lipinski definition) is 3. The number of esters is 1. The average molecular weight is 355 g/mol. The fourth-order valence-corrected chi connectivity index (χ4v) is 2.10. The van der Waals surface area contributed by atoms with Crippen LogP contribution in [0, 0.1) is 19.7 Å². The lowest BCUT2D eigenvalue weighted by atomic mass is 10.00. The summed E-state index contributed by atoms with van der Waals surface area (Å²) in [5.74, 6) is -3.03. The summed E-state index contributed by atoms with van der Waals surface area (Å²) in [5.41, 5.74) is 2.17. The Morgan fingerprint density at radius 3 is 2.32 bits per heavy atom. The van der Waals surface area contributed by atoms with E-state index in [0.29, 0.717) is 22.3 Å². The predicted octanol–water partition coefficient (Wildman–Crippen LogP) is 4.75. The third kappa shape index (κ3) is 4.56. The summed E-state index contributed by atoms with van der Waals surface area (Å²) in [7, 11) is 0. The molecule has 25 heavy (non-hydrogen) atoms. The van der Waals surface area contributed by atoms with Gasteiger partial charge in [0, 0.05) is 5.56 Å². The molecule has 1 amide bonds. The van der Waals surface area contributed by atoms with Gasteiger partial charge < -0.3 is 4.74 Å². The van der Waals surface area contributed by atoms with E-state index in [1.165, 1.54) is 24.3 Å². The smallest absolute Gasteiger partial charge is 0.369 e. The summed E-state index contributed by atoms with van der Waals surface area (Å²) in [5, 5.41) is 2.11. The lowest BCUT2D eigenvalue weighted by Gasteiger charge is -2.13. The predicted molar refractivity (Wildman–Crippen MR) is 82.5 cm³/mol. The van der Waals surface area contributed by atoms with Crippen molar-refractivity contribution in [3.63, 3.8) is 0 Å². The van der Waals surface area contributed by atoms with Crippen molar-refractivity contribution in [2.75, 3.05) is 5.32 Å². The molecule has 0 saturated heterocycles. The monoisotopic (exact) mass is 355 g/mol. The number of nitrogens with one attached hydrogen (secondary N) is 1. The molecule has 0 heterocycles. The Labute approximate surface area is 140 Å². The van der Waals surface area contributed by atoms with E-state index in [1.54, 1.807) is 26.0 Å². The van der Waals surface area contributed by atoms with E-state index in [4.69, 9.17) is 0 Å². The number of hydrogen-bond donors (Lipinski definition) is 1. The largest absolute Gasteiger partial charge is 0.491 e. The van der Waals surface area contributed by atoms with Crippen LogP contribution in [0.3, 0.4) is 0 Å². The SMILES string of the molecule is Cc1ccc(-c2ccc(F)c(C)c2)c(NC(=O)OC(=O)C(F)(F)F)c1.